The van der Waals surface area contributed by atoms with Crippen molar-refractivity contribution in [2.75, 3.05) is 14.1 Å². The lowest BCUT2D eigenvalue weighted by atomic mass is 10.2. The third-order valence-corrected chi connectivity index (χ3v) is 2.30. The number of amides is 1. The molecular formula is C10H9BrF3NO2. The van der Waals surface area contributed by atoms with Gasteiger partial charge in [0.2, 0.25) is 0 Å². The van der Waals surface area contributed by atoms with Crippen LogP contribution in [0.3, 0.4) is 0 Å². The normalized spacial score (nSPS) is 11.2. The van der Waals surface area contributed by atoms with E-state index in [1.54, 1.807) is 0 Å². The molecule has 0 saturated carbocycles. The van der Waals surface area contributed by atoms with Gasteiger partial charge in [0.15, 0.2) is 0 Å². The number of hydrogen-bond acceptors (Lipinski definition) is 2. The Balaban J connectivity index is 3.17. The van der Waals surface area contributed by atoms with E-state index in [4.69, 9.17) is 0 Å². The predicted molar refractivity (Wildman–Crippen MR) is 58.8 cm³/mol. The van der Waals surface area contributed by atoms with Crippen molar-refractivity contribution in [1.29, 1.82) is 0 Å². The van der Waals surface area contributed by atoms with Crippen LogP contribution in [-0.4, -0.2) is 31.3 Å². The van der Waals surface area contributed by atoms with Crippen LogP contribution in [0.4, 0.5) is 13.2 Å². The van der Waals surface area contributed by atoms with Crippen molar-refractivity contribution in [3.63, 3.8) is 0 Å². The Labute approximate surface area is 104 Å². The zero-order valence-electron chi connectivity index (χ0n) is 9.01. The van der Waals surface area contributed by atoms with Crippen LogP contribution in [0, 0.1) is 0 Å². The highest BCUT2D eigenvalue weighted by Gasteiger charge is 2.33. The van der Waals surface area contributed by atoms with Crippen LogP contribution in [0.15, 0.2) is 22.7 Å². The van der Waals surface area contributed by atoms with Gasteiger partial charge in [-0.05, 0) is 18.2 Å². The van der Waals surface area contributed by atoms with Crippen molar-refractivity contribution in [2.45, 2.75) is 6.36 Å². The molecule has 17 heavy (non-hydrogen) atoms. The van der Waals surface area contributed by atoms with Crippen LogP contribution < -0.4 is 4.74 Å². The van der Waals surface area contributed by atoms with Crippen molar-refractivity contribution in [1.82, 2.24) is 4.90 Å². The van der Waals surface area contributed by atoms with E-state index >= 15 is 0 Å². The fourth-order valence-electron chi connectivity index (χ4n) is 1.12. The molecule has 0 saturated heterocycles. The molecule has 0 heterocycles. The number of alkyl halides is 3. The summed E-state index contributed by atoms with van der Waals surface area (Å²) in [4.78, 5) is 12.8. The van der Waals surface area contributed by atoms with E-state index in [9.17, 15) is 18.0 Å². The number of rotatable bonds is 2. The lowest BCUT2D eigenvalue weighted by Gasteiger charge is -2.16. The zero-order chi connectivity index (χ0) is 13.2. The summed E-state index contributed by atoms with van der Waals surface area (Å²) >= 11 is 3.02. The van der Waals surface area contributed by atoms with Gasteiger partial charge in [0, 0.05) is 18.6 Å². The maximum Gasteiger partial charge on any atom is 0.573 e. The van der Waals surface area contributed by atoms with Gasteiger partial charge in [-0.1, -0.05) is 15.9 Å². The van der Waals surface area contributed by atoms with Crippen LogP contribution in [0.25, 0.3) is 0 Å². The molecule has 1 amide bonds. The average molecular weight is 312 g/mol. The van der Waals surface area contributed by atoms with E-state index in [0.717, 1.165) is 6.07 Å². The van der Waals surface area contributed by atoms with Gasteiger partial charge in [-0.2, -0.15) is 0 Å². The molecule has 0 aliphatic rings. The Morgan fingerprint density at radius 1 is 1.35 bits per heavy atom. The summed E-state index contributed by atoms with van der Waals surface area (Å²) in [6.07, 6.45) is -4.83. The summed E-state index contributed by atoms with van der Waals surface area (Å²) in [5.74, 6) is -1.08. The molecule has 0 unspecified atom stereocenters. The van der Waals surface area contributed by atoms with E-state index in [0.29, 0.717) is 4.47 Å². The quantitative estimate of drug-likeness (QED) is 0.840. The van der Waals surface area contributed by atoms with Crippen LogP contribution in [0.5, 0.6) is 5.75 Å². The topological polar surface area (TPSA) is 29.5 Å². The number of ether oxygens (including phenoxy) is 1. The Kier molecular flexibility index (Phi) is 4.03. The SMILES string of the molecule is CN(C)C(=O)c1ccc(Br)cc1OC(F)(F)F. The van der Waals surface area contributed by atoms with Gasteiger partial charge in [0.25, 0.3) is 5.91 Å². The van der Waals surface area contributed by atoms with Gasteiger partial charge in [-0.15, -0.1) is 13.2 Å². The minimum atomic E-state index is -4.83. The van der Waals surface area contributed by atoms with E-state index < -0.39 is 18.0 Å². The minimum absolute atomic E-state index is 0.143. The molecule has 0 aliphatic carbocycles. The minimum Gasteiger partial charge on any atom is -0.405 e. The molecule has 1 rings (SSSR count). The van der Waals surface area contributed by atoms with Crippen LogP contribution in [0.1, 0.15) is 10.4 Å². The molecule has 1 aromatic carbocycles. The van der Waals surface area contributed by atoms with Crippen molar-refractivity contribution < 1.29 is 22.7 Å². The molecule has 0 fully saturated rings. The highest BCUT2D eigenvalue weighted by atomic mass is 79.9. The Morgan fingerprint density at radius 3 is 2.41 bits per heavy atom. The summed E-state index contributed by atoms with van der Waals surface area (Å²) in [6.45, 7) is 0. The summed E-state index contributed by atoms with van der Waals surface area (Å²) in [6, 6.07) is 3.84. The molecule has 0 aromatic heterocycles. The molecule has 0 radical (unpaired) electrons. The molecule has 94 valence electrons. The van der Waals surface area contributed by atoms with Gasteiger partial charge >= 0.3 is 6.36 Å². The van der Waals surface area contributed by atoms with E-state index in [1.807, 2.05) is 0 Å². The molecule has 7 heteroatoms. The van der Waals surface area contributed by atoms with Crippen LogP contribution in [-0.2, 0) is 0 Å². The van der Waals surface area contributed by atoms with Crippen molar-refractivity contribution in [3.8, 4) is 5.75 Å². The highest BCUT2D eigenvalue weighted by Crippen LogP contribution is 2.29. The van der Waals surface area contributed by atoms with Crippen molar-refractivity contribution in [3.05, 3.63) is 28.2 Å². The van der Waals surface area contributed by atoms with Gasteiger partial charge in [0.1, 0.15) is 5.75 Å². The molecule has 0 aliphatic heterocycles. The largest absolute Gasteiger partial charge is 0.573 e. The molecule has 0 spiro atoms. The highest BCUT2D eigenvalue weighted by molar-refractivity contribution is 9.10. The third kappa shape index (κ3) is 3.92. The van der Waals surface area contributed by atoms with Gasteiger partial charge in [0.05, 0.1) is 5.56 Å². The van der Waals surface area contributed by atoms with Crippen LogP contribution >= 0.6 is 15.9 Å². The molecule has 3 nitrogen and oxygen atoms in total. The second-order valence-electron chi connectivity index (χ2n) is 3.39. The second kappa shape index (κ2) is 4.95. The first-order valence-corrected chi connectivity index (χ1v) is 5.27. The van der Waals surface area contributed by atoms with Gasteiger partial charge in [-0.3, -0.25) is 4.79 Å². The lowest BCUT2D eigenvalue weighted by Crippen LogP contribution is -2.24. The number of halogens is 4. The Morgan fingerprint density at radius 2 is 1.94 bits per heavy atom. The number of benzene rings is 1. The Hall–Kier alpha value is -1.24. The zero-order valence-corrected chi connectivity index (χ0v) is 10.6. The summed E-state index contributed by atoms with van der Waals surface area (Å²) in [5, 5.41) is 0. The van der Waals surface area contributed by atoms with Gasteiger partial charge in [-0.25, -0.2) is 0 Å². The van der Waals surface area contributed by atoms with E-state index in [1.165, 1.54) is 31.1 Å². The fourth-order valence-corrected chi connectivity index (χ4v) is 1.46. The molecular weight excluding hydrogens is 303 g/mol. The molecule has 0 atom stereocenters. The third-order valence-electron chi connectivity index (χ3n) is 1.81. The summed E-state index contributed by atoms with van der Waals surface area (Å²) in [5.41, 5.74) is -0.143. The van der Waals surface area contributed by atoms with E-state index in [-0.39, 0.29) is 5.56 Å². The van der Waals surface area contributed by atoms with Crippen molar-refractivity contribution in [2.24, 2.45) is 0 Å². The molecule has 0 bridgehead atoms. The average Bonchev–Trinajstić information content (AvgIpc) is 2.14. The smallest absolute Gasteiger partial charge is 0.405 e. The van der Waals surface area contributed by atoms with E-state index in [2.05, 4.69) is 20.7 Å². The number of carbonyl (C=O) groups is 1. The Bertz CT molecular complexity index is 432. The summed E-state index contributed by atoms with van der Waals surface area (Å²) < 4.78 is 40.7. The number of hydrogen-bond donors (Lipinski definition) is 0. The first-order valence-electron chi connectivity index (χ1n) is 4.47. The maximum atomic E-state index is 12.2. The standard InChI is InChI=1S/C10H9BrF3NO2/c1-15(2)9(16)7-4-3-6(11)5-8(7)17-10(12,13)14/h3-5H,1-2H3. The molecule has 0 N–H and O–H groups in total. The molecule has 1 aromatic rings. The first-order chi connectivity index (χ1) is 7.70. The maximum absolute atomic E-state index is 12.2. The predicted octanol–water partition coefficient (Wildman–Crippen LogP) is 3.05. The second-order valence-corrected chi connectivity index (χ2v) is 4.30. The number of nitrogens with zero attached hydrogens (tertiary/aromatic N) is 1. The monoisotopic (exact) mass is 311 g/mol. The van der Waals surface area contributed by atoms with Crippen LogP contribution in [0.2, 0.25) is 0 Å². The van der Waals surface area contributed by atoms with Crippen molar-refractivity contribution >= 4 is 21.8 Å². The summed E-state index contributed by atoms with van der Waals surface area (Å²) in [7, 11) is 2.89. The van der Waals surface area contributed by atoms with Gasteiger partial charge < -0.3 is 9.64 Å². The first kappa shape index (κ1) is 13.8. The number of carbonyl (C=O) groups excluding carboxylic acids is 1. The lowest BCUT2D eigenvalue weighted by molar-refractivity contribution is -0.274. The fraction of sp³-hybridized carbons (Fsp3) is 0.300.